The lowest BCUT2D eigenvalue weighted by Crippen LogP contribution is -2.42. The van der Waals surface area contributed by atoms with E-state index in [1.165, 1.54) is 17.6 Å². The minimum Gasteiger partial charge on any atom is -0.462 e. The van der Waals surface area contributed by atoms with Gasteiger partial charge in [0.25, 0.3) is 5.91 Å². The van der Waals surface area contributed by atoms with Crippen LogP contribution in [0.1, 0.15) is 16.1 Å². The lowest BCUT2D eigenvalue weighted by Gasteiger charge is -2.06. The average Bonchev–Trinajstić information content (AvgIpc) is 3.25. The molecule has 6 nitrogen and oxygen atoms in total. The maximum absolute atomic E-state index is 12.0. The minimum atomic E-state index is -0.492. The summed E-state index contributed by atoms with van der Waals surface area (Å²) in [6.45, 7) is 0. The first-order chi connectivity index (χ1) is 11.6. The smallest absolute Gasteiger partial charge is 0.289 e. The maximum atomic E-state index is 12.0. The number of hydrogen-bond acceptors (Lipinski definition) is 5. The molecule has 122 valence electrons. The fourth-order valence-corrected chi connectivity index (χ4v) is 2.81. The number of furan rings is 1. The van der Waals surface area contributed by atoms with Crippen LogP contribution in [0.25, 0.3) is 10.8 Å². The van der Waals surface area contributed by atoms with Crippen molar-refractivity contribution in [1.82, 2.24) is 15.8 Å². The molecule has 2 heterocycles. The lowest BCUT2D eigenvalue weighted by molar-refractivity contribution is -0.121. The molecule has 0 saturated heterocycles. The third kappa shape index (κ3) is 4.01. The van der Waals surface area contributed by atoms with E-state index in [9.17, 15) is 9.59 Å². The summed E-state index contributed by atoms with van der Waals surface area (Å²) in [5, 5.41) is 2.79. The molecule has 1 aromatic carbocycles. The summed E-state index contributed by atoms with van der Waals surface area (Å²) in [4.78, 5) is 28.0. The number of hydrogen-bond donors (Lipinski definition) is 2. The molecule has 2 amide bonds. The van der Waals surface area contributed by atoms with Crippen LogP contribution >= 0.6 is 22.9 Å². The first kappa shape index (κ1) is 16.2. The zero-order valence-corrected chi connectivity index (χ0v) is 13.9. The Hall–Kier alpha value is -2.64. The normalized spacial score (nSPS) is 10.4. The van der Waals surface area contributed by atoms with E-state index in [0.717, 1.165) is 5.56 Å². The number of carbonyl (C=O) groups is 2. The van der Waals surface area contributed by atoms with Crippen LogP contribution in [-0.2, 0) is 11.2 Å². The van der Waals surface area contributed by atoms with E-state index in [-0.39, 0.29) is 18.0 Å². The van der Waals surface area contributed by atoms with Crippen molar-refractivity contribution in [3.8, 4) is 10.8 Å². The van der Waals surface area contributed by atoms with Crippen molar-refractivity contribution < 1.29 is 14.0 Å². The summed E-state index contributed by atoms with van der Waals surface area (Å²) in [7, 11) is 0. The number of thiazole rings is 1. The monoisotopic (exact) mass is 361 g/mol. The van der Waals surface area contributed by atoms with Gasteiger partial charge in [0.2, 0.25) is 5.91 Å². The Morgan fingerprint density at radius 3 is 2.67 bits per heavy atom. The molecule has 3 rings (SSSR count). The Bertz CT molecular complexity index is 844. The van der Waals surface area contributed by atoms with E-state index < -0.39 is 5.91 Å². The van der Waals surface area contributed by atoms with Crippen LogP contribution in [0.4, 0.5) is 0 Å². The van der Waals surface area contributed by atoms with Gasteiger partial charge in [-0.1, -0.05) is 23.7 Å². The summed E-state index contributed by atoms with van der Waals surface area (Å²) in [5.74, 6) is -0.244. The van der Waals surface area contributed by atoms with Crippen LogP contribution in [-0.4, -0.2) is 16.8 Å². The predicted molar refractivity (Wildman–Crippen MR) is 90.6 cm³/mol. The van der Waals surface area contributed by atoms with E-state index >= 15 is 0 Å². The molecule has 0 spiro atoms. The second-order valence-corrected chi connectivity index (χ2v) is 6.12. The minimum absolute atomic E-state index is 0.131. The first-order valence-electron chi connectivity index (χ1n) is 6.95. The lowest BCUT2D eigenvalue weighted by atomic mass is 10.1. The molecule has 8 heteroatoms. The van der Waals surface area contributed by atoms with E-state index in [1.807, 2.05) is 0 Å². The Balaban J connectivity index is 1.53. The van der Waals surface area contributed by atoms with Crippen molar-refractivity contribution in [2.45, 2.75) is 6.42 Å². The summed E-state index contributed by atoms with van der Waals surface area (Å²) in [6.07, 6.45) is 1.67. The van der Waals surface area contributed by atoms with E-state index in [4.69, 9.17) is 16.0 Å². The Kier molecular flexibility index (Phi) is 4.93. The van der Waals surface area contributed by atoms with Gasteiger partial charge in [-0.2, -0.15) is 0 Å². The zero-order valence-electron chi connectivity index (χ0n) is 12.3. The van der Waals surface area contributed by atoms with Gasteiger partial charge in [0.1, 0.15) is 5.69 Å². The molecule has 0 fully saturated rings. The Morgan fingerprint density at radius 1 is 1.17 bits per heavy atom. The third-order valence-electron chi connectivity index (χ3n) is 3.06. The van der Waals surface area contributed by atoms with Gasteiger partial charge in [0.15, 0.2) is 10.8 Å². The molecule has 2 aromatic heterocycles. The van der Waals surface area contributed by atoms with Crippen LogP contribution in [0.2, 0.25) is 5.02 Å². The molecule has 0 atom stereocenters. The topological polar surface area (TPSA) is 84.2 Å². The SMILES string of the molecule is O=C(Cc1ccc(Cl)cc1)NNC(=O)c1csc(-c2ccco2)n1. The number of rotatable bonds is 4. The van der Waals surface area contributed by atoms with Crippen LogP contribution in [0.15, 0.2) is 52.5 Å². The molecular formula is C16H12ClN3O3S. The molecule has 0 aliphatic heterocycles. The van der Waals surface area contributed by atoms with Crippen LogP contribution in [0.5, 0.6) is 0 Å². The second-order valence-electron chi connectivity index (χ2n) is 4.82. The fraction of sp³-hybridized carbons (Fsp3) is 0.0625. The van der Waals surface area contributed by atoms with Gasteiger partial charge in [0, 0.05) is 10.4 Å². The zero-order chi connectivity index (χ0) is 16.9. The highest BCUT2D eigenvalue weighted by Crippen LogP contribution is 2.23. The number of amides is 2. The number of carbonyl (C=O) groups excluding carboxylic acids is 2. The fourth-order valence-electron chi connectivity index (χ4n) is 1.91. The van der Waals surface area contributed by atoms with Crippen molar-refractivity contribution in [1.29, 1.82) is 0 Å². The van der Waals surface area contributed by atoms with Gasteiger partial charge in [-0.15, -0.1) is 11.3 Å². The number of nitrogens with one attached hydrogen (secondary N) is 2. The van der Waals surface area contributed by atoms with Crippen molar-refractivity contribution in [3.05, 3.63) is 64.3 Å². The number of aromatic nitrogens is 1. The van der Waals surface area contributed by atoms with Crippen molar-refractivity contribution in [3.63, 3.8) is 0 Å². The van der Waals surface area contributed by atoms with Crippen molar-refractivity contribution in [2.75, 3.05) is 0 Å². The molecule has 2 N–H and O–H groups in total. The summed E-state index contributed by atoms with van der Waals surface area (Å²) < 4.78 is 5.22. The van der Waals surface area contributed by atoms with Gasteiger partial charge in [0.05, 0.1) is 12.7 Å². The molecule has 0 radical (unpaired) electrons. The van der Waals surface area contributed by atoms with Gasteiger partial charge >= 0.3 is 0 Å². The Labute approximate surface area is 146 Å². The highest BCUT2D eigenvalue weighted by molar-refractivity contribution is 7.13. The summed E-state index contributed by atoms with van der Waals surface area (Å²) >= 11 is 7.07. The first-order valence-corrected chi connectivity index (χ1v) is 8.20. The number of hydrazine groups is 1. The summed E-state index contributed by atoms with van der Waals surface area (Å²) in [5.41, 5.74) is 5.69. The molecule has 0 unspecified atom stereocenters. The quantitative estimate of drug-likeness (QED) is 0.699. The summed E-state index contributed by atoms with van der Waals surface area (Å²) in [6, 6.07) is 10.4. The van der Waals surface area contributed by atoms with Crippen LogP contribution < -0.4 is 10.9 Å². The number of nitrogens with zero attached hydrogens (tertiary/aromatic N) is 1. The Morgan fingerprint density at radius 2 is 1.96 bits per heavy atom. The largest absolute Gasteiger partial charge is 0.462 e. The van der Waals surface area contributed by atoms with E-state index in [2.05, 4.69) is 15.8 Å². The highest BCUT2D eigenvalue weighted by atomic mass is 35.5. The highest BCUT2D eigenvalue weighted by Gasteiger charge is 2.14. The number of halogens is 1. The van der Waals surface area contributed by atoms with Gasteiger partial charge < -0.3 is 4.42 Å². The van der Waals surface area contributed by atoms with Crippen LogP contribution in [0.3, 0.4) is 0 Å². The molecule has 0 bridgehead atoms. The molecular weight excluding hydrogens is 350 g/mol. The average molecular weight is 362 g/mol. The predicted octanol–water partition coefficient (Wildman–Crippen LogP) is 3.06. The van der Waals surface area contributed by atoms with Crippen molar-refractivity contribution in [2.24, 2.45) is 0 Å². The molecule has 3 aromatic rings. The molecule has 0 saturated carbocycles. The van der Waals surface area contributed by atoms with Gasteiger partial charge in [-0.3, -0.25) is 20.4 Å². The van der Waals surface area contributed by atoms with E-state index in [0.29, 0.717) is 15.8 Å². The maximum Gasteiger partial charge on any atom is 0.289 e. The van der Waals surface area contributed by atoms with Crippen molar-refractivity contribution >= 4 is 34.8 Å². The standard InChI is InChI=1S/C16H12ClN3O3S/c17-11-5-3-10(4-6-11)8-14(21)19-20-15(22)12-9-24-16(18-12)13-2-1-7-23-13/h1-7,9H,8H2,(H,19,21)(H,20,22). The number of benzene rings is 1. The third-order valence-corrected chi connectivity index (χ3v) is 4.17. The van der Waals surface area contributed by atoms with E-state index in [1.54, 1.807) is 41.8 Å². The second kappa shape index (κ2) is 7.29. The van der Waals surface area contributed by atoms with Gasteiger partial charge in [-0.25, -0.2) is 4.98 Å². The molecule has 0 aliphatic carbocycles. The van der Waals surface area contributed by atoms with Gasteiger partial charge in [-0.05, 0) is 29.8 Å². The molecule has 24 heavy (non-hydrogen) atoms. The van der Waals surface area contributed by atoms with Crippen LogP contribution in [0, 0.1) is 0 Å². The molecule has 0 aliphatic rings.